The fraction of sp³-hybridized carbons (Fsp3) is 0.278. The number of hydrogen-bond donors (Lipinski definition) is 2. The molecule has 25 heavy (non-hydrogen) atoms. The van der Waals surface area contributed by atoms with Gasteiger partial charge in [0.15, 0.2) is 0 Å². The van der Waals surface area contributed by atoms with Crippen LogP contribution in [0, 0.1) is 5.82 Å². The number of amides is 1. The Kier molecular flexibility index (Phi) is 5.81. The van der Waals surface area contributed by atoms with Gasteiger partial charge in [-0.05, 0) is 46.5 Å². The molecule has 1 aliphatic rings. The van der Waals surface area contributed by atoms with Crippen LogP contribution in [0.3, 0.4) is 0 Å². The number of hydrogen-bond acceptors (Lipinski definition) is 3. The molecule has 1 aliphatic carbocycles. The van der Waals surface area contributed by atoms with E-state index >= 15 is 0 Å². The van der Waals surface area contributed by atoms with E-state index in [1.165, 1.54) is 12.1 Å². The molecule has 132 valence electrons. The van der Waals surface area contributed by atoms with Crippen molar-refractivity contribution >= 4 is 39.3 Å². The highest BCUT2D eigenvalue weighted by Crippen LogP contribution is 2.35. The van der Waals surface area contributed by atoms with Crippen molar-refractivity contribution in [1.82, 2.24) is 5.32 Å². The molecule has 0 bridgehead atoms. The second kappa shape index (κ2) is 8.06. The fourth-order valence-corrected chi connectivity index (χ4v) is 3.59. The van der Waals surface area contributed by atoms with Gasteiger partial charge in [-0.2, -0.15) is 0 Å². The van der Waals surface area contributed by atoms with Crippen LogP contribution in [0.5, 0.6) is 0 Å². The summed E-state index contributed by atoms with van der Waals surface area (Å²) in [5, 5.41) is 6.43. The number of anilines is 1. The lowest BCUT2D eigenvalue weighted by atomic mass is 9.86. The molecule has 0 spiro atoms. The van der Waals surface area contributed by atoms with E-state index in [4.69, 9.17) is 16.3 Å². The number of nitrogens with one attached hydrogen (secondary N) is 2. The predicted octanol–water partition coefficient (Wildman–Crippen LogP) is 5.11. The van der Waals surface area contributed by atoms with E-state index in [1.807, 2.05) is 30.3 Å². The van der Waals surface area contributed by atoms with Gasteiger partial charge >= 0.3 is 6.09 Å². The summed E-state index contributed by atoms with van der Waals surface area (Å²) in [6.07, 6.45) is 1.08. The van der Waals surface area contributed by atoms with E-state index in [0.717, 1.165) is 18.4 Å². The summed E-state index contributed by atoms with van der Waals surface area (Å²) in [5.41, 5.74) is 1.61. The van der Waals surface area contributed by atoms with Crippen LogP contribution in [0.1, 0.15) is 18.4 Å². The number of carbonyl (C=O) groups is 1. The van der Waals surface area contributed by atoms with Crippen LogP contribution >= 0.6 is 27.5 Å². The van der Waals surface area contributed by atoms with E-state index in [0.29, 0.717) is 15.2 Å². The lowest BCUT2D eigenvalue weighted by Gasteiger charge is -2.37. The van der Waals surface area contributed by atoms with E-state index in [2.05, 4.69) is 26.6 Å². The van der Waals surface area contributed by atoms with Gasteiger partial charge in [-0.1, -0.05) is 41.9 Å². The van der Waals surface area contributed by atoms with Gasteiger partial charge in [0.1, 0.15) is 12.4 Å². The Hall–Kier alpha value is -1.79. The van der Waals surface area contributed by atoms with Crippen LogP contribution in [-0.4, -0.2) is 18.2 Å². The Balaban J connectivity index is 1.42. The van der Waals surface area contributed by atoms with Crippen LogP contribution in [0.25, 0.3) is 0 Å². The zero-order valence-corrected chi connectivity index (χ0v) is 15.6. The number of halogens is 3. The highest BCUT2D eigenvalue weighted by Gasteiger charge is 2.31. The maximum absolute atomic E-state index is 13.2. The second-order valence-corrected chi connectivity index (χ2v) is 7.22. The molecule has 0 atom stereocenters. The molecule has 3 rings (SSSR count). The minimum atomic E-state index is -0.423. The van der Waals surface area contributed by atoms with Crippen LogP contribution in [-0.2, 0) is 11.3 Å². The molecule has 2 N–H and O–H groups in total. The number of carbonyl (C=O) groups excluding carboxylic acids is 1. The normalized spacial score (nSPS) is 19.0. The third kappa shape index (κ3) is 4.86. The molecule has 0 heterocycles. The summed E-state index contributed by atoms with van der Waals surface area (Å²) in [7, 11) is 0. The van der Waals surface area contributed by atoms with E-state index in [1.54, 1.807) is 0 Å². The first-order valence-electron chi connectivity index (χ1n) is 7.89. The molecule has 0 saturated heterocycles. The average molecular weight is 428 g/mol. The van der Waals surface area contributed by atoms with Crippen molar-refractivity contribution in [3.8, 4) is 0 Å². The monoisotopic (exact) mass is 426 g/mol. The largest absolute Gasteiger partial charge is 0.445 e. The third-order valence-electron chi connectivity index (χ3n) is 4.03. The van der Waals surface area contributed by atoms with Gasteiger partial charge in [-0.3, -0.25) is 0 Å². The van der Waals surface area contributed by atoms with Gasteiger partial charge in [0.25, 0.3) is 0 Å². The molecule has 0 unspecified atom stereocenters. The van der Waals surface area contributed by atoms with E-state index < -0.39 is 11.9 Å². The summed E-state index contributed by atoms with van der Waals surface area (Å²) >= 11 is 9.36. The molecule has 0 radical (unpaired) electrons. The van der Waals surface area contributed by atoms with Crippen molar-refractivity contribution in [3.63, 3.8) is 0 Å². The van der Waals surface area contributed by atoms with Crippen LogP contribution in [0.2, 0.25) is 5.02 Å². The molecule has 1 fully saturated rings. The molecule has 7 heteroatoms. The highest BCUT2D eigenvalue weighted by atomic mass is 79.9. The standard InChI is InChI=1S/C18H17BrClFN2O2/c19-15-6-12(21)7-16(20)17(15)22-13-8-14(9-13)23-18(24)25-10-11-4-2-1-3-5-11/h1-7,13-14,22H,8-10H2,(H,23,24). The lowest BCUT2D eigenvalue weighted by Crippen LogP contribution is -2.49. The summed E-state index contributed by atoms with van der Waals surface area (Å²) in [5.74, 6) is -0.392. The number of ether oxygens (including phenoxy) is 1. The number of benzene rings is 2. The maximum Gasteiger partial charge on any atom is 0.407 e. The fourth-order valence-electron chi connectivity index (χ4n) is 2.67. The zero-order valence-electron chi connectivity index (χ0n) is 13.3. The van der Waals surface area contributed by atoms with Gasteiger partial charge in [-0.25, -0.2) is 9.18 Å². The molecule has 0 aliphatic heterocycles. The lowest BCUT2D eigenvalue weighted by molar-refractivity contribution is 0.129. The summed E-state index contributed by atoms with van der Waals surface area (Å²) in [6.45, 7) is 0.249. The Bertz CT molecular complexity index is 731. The first-order valence-corrected chi connectivity index (χ1v) is 9.06. The molecular weight excluding hydrogens is 411 g/mol. The van der Waals surface area contributed by atoms with Gasteiger partial charge in [0.05, 0.1) is 10.7 Å². The van der Waals surface area contributed by atoms with Gasteiger partial charge in [0, 0.05) is 16.6 Å². The minimum absolute atomic E-state index is 0.0544. The Morgan fingerprint density at radius 2 is 1.96 bits per heavy atom. The number of rotatable bonds is 5. The van der Waals surface area contributed by atoms with Gasteiger partial charge in [0.2, 0.25) is 0 Å². The first kappa shape index (κ1) is 18.0. The van der Waals surface area contributed by atoms with Crippen molar-refractivity contribution in [2.45, 2.75) is 31.5 Å². The van der Waals surface area contributed by atoms with Crippen LogP contribution in [0.4, 0.5) is 14.9 Å². The minimum Gasteiger partial charge on any atom is -0.445 e. The molecule has 1 saturated carbocycles. The quantitative estimate of drug-likeness (QED) is 0.697. The third-order valence-corrected chi connectivity index (χ3v) is 4.95. The van der Waals surface area contributed by atoms with E-state index in [9.17, 15) is 9.18 Å². The predicted molar refractivity (Wildman–Crippen MR) is 99.3 cm³/mol. The molecule has 0 aromatic heterocycles. The molecule has 2 aromatic carbocycles. The van der Waals surface area contributed by atoms with Gasteiger partial charge in [-0.15, -0.1) is 0 Å². The van der Waals surface area contributed by atoms with Crippen molar-refractivity contribution in [2.75, 3.05) is 5.32 Å². The second-order valence-electron chi connectivity index (χ2n) is 5.96. The maximum atomic E-state index is 13.2. The van der Waals surface area contributed by atoms with Crippen molar-refractivity contribution in [1.29, 1.82) is 0 Å². The van der Waals surface area contributed by atoms with Crippen molar-refractivity contribution in [2.24, 2.45) is 0 Å². The Morgan fingerprint density at radius 3 is 2.64 bits per heavy atom. The van der Waals surface area contributed by atoms with Crippen LogP contribution in [0.15, 0.2) is 46.9 Å². The Labute approximate surface area is 158 Å². The molecule has 1 amide bonds. The number of alkyl carbamates (subject to hydrolysis) is 1. The topological polar surface area (TPSA) is 50.4 Å². The first-order chi connectivity index (χ1) is 12.0. The van der Waals surface area contributed by atoms with Crippen molar-refractivity contribution < 1.29 is 13.9 Å². The van der Waals surface area contributed by atoms with E-state index in [-0.39, 0.29) is 18.7 Å². The van der Waals surface area contributed by atoms with Gasteiger partial charge < -0.3 is 15.4 Å². The zero-order chi connectivity index (χ0) is 17.8. The smallest absolute Gasteiger partial charge is 0.407 e. The highest BCUT2D eigenvalue weighted by molar-refractivity contribution is 9.10. The summed E-state index contributed by atoms with van der Waals surface area (Å²) in [6, 6.07) is 12.4. The summed E-state index contributed by atoms with van der Waals surface area (Å²) < 4.78 is 19.0. The van der Waals surface area contributed by atoms with Crippen molar-refractivity contribution in [3.05, 3.63) is 63.3 Å². The summed E-state index contributed by atoms with van der Waals surface area (Å²) in [4.78, 5) is 11.8. The van der Waals surface area contributed by atoms with Crippen LogP contribution < -0.4 is 10.6 Å². The Morgan fingerprint density at radius 1 is 1.24 bits per heavy atom. The molecule has 4 nitrogen and oxygen atoms in total. The molecular formula is C18H17BrClFN2O2. The molecule has 2 aromatic rings. The SMILES string of the molecule is O=C(NC1CC(Nc2c(Cl)cc(F)cc2Br)C1)OCc1ccccc1. The average Bonchev–Trinajstić information content (AvgIpc) is 2.54.